The van der Waals surface area contributed by atoms with Crippen LogP contribution < -0.4 is 10.1 Å². The Bertz CT molecular complexity index is 918. The standard InChI is InChI=1S/C28H37NO2/c1-20-5-4-6-23(11-20)29-15-24(30)16-31-25-9-7-22(8-10-25)28-14-21-12-26(2,18-28)17-27(3,13-21)19-28/h4-11,21,24,29-30H,12-19H2,1-3H3/t21?,24?,26-,27+,28?. The minimum absolute atomic E-state index is 0.293. The Hall–Kier alpha value is -2.00. The van der Waals surface area contributed by atoms with Crippen molar-refractivity contribution in [3.05, 3.63) is 59.7 Å². The van der Waals surface area contributed by atoms with Crippen molar-refractivity contribution in [2.45, 2.75) is 70.8 Å². The van der Waals surface area contributed by atoms with E-state index in [0.29, 0.717) is 29.4 Å². The van der Waals surface area contributed by atoms with Crippen LogP contribution in [0.4, 0.5) is 5.69 Å². The maximum absolute atomic E-state index is 10.3. The maximum Gasteiger partial charge on any atom is 0.119 e. The molecule has 6 rings (SSSR count). The predicted octanol–water partition coefficient (Wildman–Crippen LogP) is 6.09. The molecule has 3 heteroatoms. The summed E-state index contributed by atoms with van der Waals surface area (Å²) in [5.74, 6) is 1.75. The number of rotatable bonds is 7. The van der Waals surface area contributed by atoms with Crippen LogP contribution >= 0.6 is 0 Å². The van der Waals surface area contributed by atoms with E-state index in [1.807, 2.05) is 12.1 Å². The average molecular weight is 420 g/mol. The number of hydrogen-bond donors (Lipinski definition) is 2. The van der Waals surface area contributed by atoms with Crippen LogP contribution in [0.2, 0.25) is 0 Å². The number of aliphatic hydroxyl groups is 1. The number of ether oxygens (including phenoxy) is 1. The molecule has 2 aromatic carbocycles. The van der Waals surface area contributed by atoms with Gasteiger partial charge < -0.3 is 15.2 Å². The van der Waals surface area contributed by atoms with Crippen LogP contribution in [0.3, 0.4) is 0 Å². The van der Waals surface area contributed by atoms with Gasteiger partial charge in [0.25, 0.3) is 0 Å². The van der Waals surface area contributed by atoms with Crippen LogP contribution in [0.15, 0.2) is 48.5 Å². The first-order chi connectivity index (χ1) is 14.7. The molecule has 3 unspecified atom stereocenters. The molecule has 0 heterocycles. The fraction of sp³-hybridized carbons (Fsp3) is 0.571. The zero-order valence-corrected chi connectivity index (χ0v) is 19.3. The lowest BCUT2D eigenvalue weighted by Gasteiger charge is -2.65. The molecular formula is C28H37NO2. The predicted molar refractivity (Wildman–Crippen MR) is 127 cm³/mol. The molecule has 0 aromatic heterocycles. The topological polar surface area (TPSA) is 41.5 Å². The Morgan fingerprint density at radius 2 is 1.71 bits per heavy atom. The van der Waals surface area contributed by atoms with Crippen LogP contribution in [0.5, 0.6) is 5.75 Å². The van der Waals surface area contributed by atoms with Crippen molar-refractivity contribution >= 4 is 5.69 Å². The Morgan fingerprint density at radius 3 is 2.35 bits per heavy atom. The highest BCUT2D eigenvalue weighted by atomic mass is 16.5. The van der Waals surface area contributed by atoms with E-state index in [1.165, 1.54) is 49.7 Å². The zero-order valence-electron chi connectivity index (χ0n) is 19.3. The summed E-state index contributed by atoms with van der Waals surface area (Å²) in [6, 6.07) is 17.0. The van der Waals surface area contributed by atoms with Crippen molar-refractivity contribution in [1.29, 1.82) is 0 Å². The van der Waals surface area contributed by atoms with Gasteiger partial charge >= 0.3 is 0 Å². The first-order valence-corrected chi connectivity index (χ1v) is 12.0. The molecule has 5 atom stereocenters. The third kappa shape index (κ3) is 4.22. The number of anilines is 1. The quantitative estimate of drug-likeness (QED) is 0.570. The van der Waals surface area contributed by atoms with Crippen LogP contribution in [0, 0.1) is 23.7 Å². The molecule has 4 bridgehead atoms. The summed E-state index contributed by atoms with van der Waals surface area (Å²) < 4.78 is 5.90. The molecular weight excluding hydrogens is 382 g/mol. The van der Waals surface area contributed by atoms with Gasteiger partial charge in [-0.15, -0.1) is 0 Å². The maximum atomic E-state index is 10.3. The highest BCUT2D eigenvalue weighted by Gasteiger charge is 2.60. The molecule has 4 saturated carbocycles. The summed E-state index contributed by atoms with van der Waals surface area (Å²) in [5, 5.41) is 13.6. The van der Waals surface area contributed by atoms with Crippen LogP contribution in [-0.4, -0.2) is 24.4 Å². The summed E-state index contributed by atoms with van der Waals surface area (Å²) in [5.41, 5.74) is 5.15. The highest BCUT2D eigenvalue weighted by Crippen LogP contribution is 2.69. The number of hydrogen-bond acceptors (Lipinski definition) is 3. The van der Waals surface area contributed by atoms with E-state index in [2.05, 4.69) is 62.5 Å². The van der Waals surface area contributed by atoms with E-state index < -0.39 is 6.10 Å². The van der Waals surface area contributed by atoms with E-state index in [0.717, 1.165) is 17.4 Å². The summed E-state index contributed by atoms with van der Waals surface area (Å²) in [7, 11) is 0. The molecule has 31 heavy (non-hydrogen) atoms. The SMILES string of the molecule is Cc1cccc(NCC(O)COc2ccc(C34CC5C[C@@](C)(C3)C[C@](C)(C5)C4)cc2)c1. The number of nitrogens with one attached hydrogen (secondary N) is 1. The molecule has 166 valence electrons. The Kier molecular flexibility index (Phi) is 5.08. The summed E-state index contributed by atoms with van der Waals surface area (Å²) in [4.78, 5) is 0. The van der Waals surface area contributed by atoms with Crippen molar-refractivity contribution in [3.8, 4) is 5.75 Å². The van der Waals surface area contributed by atoms with Gasteiger partial charge in [0.05, 0.1) is 0 Å². The van der Waals surface area contributed by atoms with Gasteiger partial charge in [-0.1, -0.05) is 38.1 Å². The normalized spacial score (nSPS) is 34.5. The second kappa shape index (κ2) is 7.55. The highest BCUT2D eigenvalue weighted by molar-refractivity contribution is 5.45. The van der Waals surface area contributed by atoms with Gasteiger partial charge in [0.1, 0.15) is 18.5 Å². The third-order valence-electron chi connectivity index (χ3n) is 8.10. The van der Waals surface area contributed by atoms with Crippen molar-refractivity contribution < 1.29 is 9.84 Å². The monoisotopic (exact) mass is 419 g/mol. The molecule has 4 fully saturated rings. The second-order valence-corrected chi connectivity index (χ2v) is 11.6. The minimum Gasteiger partial charge on any atom is -0.491 e. The smallest absolute Gasteiger partial charge is 0.119 e. The third-order valence-corrected chi connectivity index (χ3v) is 8.10. The van der Waals surface area contributed by atoms with Gasteiger partial charge in [-0.05, 0) is 103 Å². The van der Waals surface area contributed by atoms with Gasteiger partial charge in [-0.25, -0.2) is 0 Å². The fourth-order valence-electron chi connectivity index (χ4n) is 7.92. The van der Waals surface area contributed by atoms with E-state index >= 15 is 0 Å². The summed E-state index contributed by atoms with van der Waals surface area (Å²) in [6.07, 6.45) is 7.77. The van der Waals surface area contributed by atoms with Gasteiger partial charge in [0.15, 0.2) is 0 Å². The molecule has 4 aliphatic carbocycles. The van der Waals surface area contributed by atoms with E-state index in [9.17, 15) is 5.11 Å². The van der Waals surface area contributed by atoms with E-state index in [4.69, 9.17) is 4.74 Å². The van der Waals surface area contributed by atoms with Gasteiger partial charge in [-0.2, -0.15) is 0 Å². The molecule has 0 spiro atoms. The molecule has 0 saturated heterocycles. The zero-order chi connectivity index (χ0) is 21.7. The lowest BCUT2D eigenvalue weighted by atomic mass is 9.39. The molecule has 0 aliphatic heterocycles. The molecule has 2 aromatic rings. The van der Waals surface area contributed by atoms with Crippen LogP contribution in [0.25, 0.3) is 0 Å². The summed E-state index contributed by atoms with van der Waals surface area (Å²) >= 11 is 0. The van der Waals surface area contributed by atoms with Crippen molar-refractivity contribution in [3.63, 3.8) is 0 Å². The van der Waals surface area contributed by atoms with E-state index in [1.54, 1.807) is 0 Å². The number of aliphatic hydroxyl groups excluding tert-OH is 1. The van der Waals surface area contributed by atoms with Gasteiger partial charge in [0.2, 0.25) is 0 Å². The van der Waals surface area contributed by atoms with Crippen LogP contribution in [0.1, 0.15) is 63.5 Å². The lowest BCUT2D eigenvalue weighted by molar-refractivity contribution is -0.110. The second-order valence-electron chi connectivity index (χ2n) is 11.6. The fourth-order valence-corrected chi connectivity index (χ4v) is 7.92. The Labute approximate surface area is 187 Å². The van der Waals surface area contributed by atoms with Gasteiger partial charge in [0, 0.05) is 12.2 Å². The molecule has 0 amide bonds. The van der Waals surface area contributed by atoms with Crippen molar-refractivity contribution in [1.82, 2.24) is 0 Å². The molecule has 2 N–H and O–H groups in total. The average Bonchev–Trinajstić information content (AvgIpc) is 2.68. The molecule has 0 radical (unpaired) electrons. The first kappa shape index (κ1) is 20.9. The number of benzene rings is 2. The lowest BCUT2D eigenvalue weighted by Crippen LogP contribution is -2.56. The number of aryl methyl sites for hydroxylation is 1. The summed E-state index contributed by atoms with van der Waals surface area (Å²) in [6.45, 7) is 7.91. The first-order valence-electron chi connectivity index (χ1n) is 12.0. The molecule has 4 aliphatic rings. The Morgan fingerprint density at radius 1 is 1.00 bits per heavy atom. The largest absolute Gasteiger partial charge is 0.491 e. The Balaban J connectivity index is 1.19. The van der Waals surface area contributed by atoms with Crippen LogP contribution in [-0.2, 0) is 5.41 Å². The molecule has 3 nitrogen and oxygen atoms in total. The van der Waals surface area contributed by atoms with Crippen molar-refractivity contribution in [2.24, 2.45) is 16.7 Å². The van der Waals surface area contributed by atoms with Gasteiger partial charge in [-0.3, -0.25) is 0 Å². The minimum atomic E-state index is -0.553. The van der Waals surface area contributed by atoms with E-state index in [-0.39, 0.29) is 0 Å². The van der Waals surface area contributed by atoms with Crippen molar-refractivity contribution in [2.75, 3.05) is 18.5 Å².